The Morgan fingerprint density at radius 1 is 1.04 bits per heavy atom. The van der Waals surface area contributed by atoms with Gasteiger partial charge in [0.1, 0.15) is 18.2 Å². The maximum Gasteiger partial charge on any atom is 0.191 e. The first-order valence-corrected chi connectivity index (χ1v) is 8.94. The predicted molar refractivity (Wildman–Crippen MR) is 107 cm³/mol. The third-order valence-electron chi connectivity index (χ3n) is 4.12. The second kappa shape index (κ2) is 10.5. The number of rotatable bonds is 8. The predicted octanol–water partition coefficient (Wildman–Crippen LogP) is 3.33. The van der Waals surface area contributed by atoms with Gasteiger partial charge in [0, 0.05) is 32.8 Å². The lowest BCUT2D eigenvalue weighted by Crippen LogP contribution is -2.36. The highest BCUT2D eigenvalue weighted by Gasteiger charge is 2.06. The van der Waals surface area contributed by atoms with Gasteiger partial charge in [0.25, 0.3) is 0 Å². The summed E-state index contributed by atoms with van der Waals surface area (Å²) >= 11 is 0. The Morgan fingerprint density at radius 2 is 1.81 bits per heavy atom. The van der Waals surface area contributed by atoms with Gasteiger partial charge in [-0.05, 0) is 42.7 Å². The first-order valence-electron chi connectivity index (χ1n) is 8.94. The van der Waals surface area contributed by atoms with Crippen molar-refractivity contribution >= 4 is 5.96 Å². The zero-order chi connectivity index (χ0) is 19.6. The molecular weight excluding hydrogens is 345 g/mol. The summed E-state index contributed by atoms with van der Waals surface area (Å²) in [6.07, 6.45) is 0. The number of hydrogen-bond donors (Lipinski definition) is 2. The average Bonchev–Trinajstić information content (AvgIpc) is 2.66. The molecule has 0 aromatic heterocycles. The van der Waals surface area contributed by atoms with Crippen molar-refractivity contribution in [1.82, 2.24) is 10.6 Å². The Morgan fingerprint density at radius 3 is 2.52 bits per heavy atom. The van der Waals surface area contributed by atoms with Crippen LogP contribution >= 0.6 is 0 Å². The molecule has 2 aromatic rings. The third kappa shape index (κ3) is 6.57. The number of benzene rings is 2. The van der Waals surface area contributed by atoms with E-state index in [1.54, 1.807) is 27.1 Å². The van der Waals surface area contributed by atoms with E-state index < -0.39 is 0 Å². The molecule has 0 saturated carbocycles. The van der Waals surface area contributed by atoms with Crippen molar-refractivity contribution in [3.05, 3.63) is 64.5 Å². The molecule has 27 heavy (non-hydrogen) atoms. The number of hydrogen-bond acceptors (Lipinski definition) is 3. The second-order valence-electron chi connectivity index (χ2n) is 6.32. The molecule has 0 heterocycles. The Balaban J connectivity index is 1.94. The molecule has 0 aliphatic carbocycles. The van der Waals surface area contributed by atoms with Crippen LogP contribution in [0.3, 0.4) is 0 Å². The number of aliphatic imine (C=N–C) groups is 1. The fourth-order valence-electron chi connectivity index (χ4n) is 2.58. The molecule has 0 spiro atoms. The second-order valence-corrected chi connectivity index (χ2v) is 6.32. The van der Waals surface area contributed by atoms with Gasteiger partial charge >= 0.3 is 0 Å². The molecule has 0 bridgehead atoms. The Bertz CT molecular complexity index is 778. The molecule has 0 fully saturated rings. The van der Waals surface area contributed by atoms with Crippen molar-refractivity contribution in [2.45, 2.75) is 26.9 Å². The third-order valence-corrected chi connectivity index (χ3v) is 4.12. The standard InChI is InChI=1S/C21H28FN3O2/c1-15-5-7-18(20(11-15)27-10-9-26-4)14-25-21(23-3)24-13-17-6-8-19(22)16(2)12-17/h5-8,11-12H,9-10,13-14H2,1-4H3,(H2,23,24,25). The number of nitrogens with zero attached hydrogens (tertiary/aromatic N) is 1. The molecular formula is C21H28FN3O2. The van der Waals surface area contributed by atoms with E-state index in [9.17, 15) is 4.39 Å². The van der Waals surface area contributed by atoms with Crippen LogP contribution in [0.2, 0.25) is 0 Å². The number of aryl methyl sites for hydroxylation is 2. The van der Waals surface area contributed by atoms with Crippen LogP contribution in [0.25, 0.3) is 0 Å². The Hall–Kier alpha value is -2.60. The first-order chi connectivity index (χ1) is 13.0. The van der Waals surface area contributed by atoms with E-state index in [1.165, 1.54) is 6.07 Å². The highest BCUT2D eigenvalue weighted by molar-refractivity contribution is 5.79. The zero-order valence-electron chi connectivity index (χ0n) is 16.4. The summed E-state index contributed by atoms with van der Waals surface area (Å²) in [4.78, 5) is 4.24. The van der Waals surface area contributed by atoms with Gasteiger partial charge in [0.2, 0.25) is 0 Å². The molecule has 0 radical (unpaired) electrons. The van der Waals surface area contributed by atoms with Crippen LogP contribution in [0.4, 0.5) is 4.39 Å². The largest absolute Gasteiger partial charge is 0.491 e. The summed E-state index contributed by atoms with van der Waals surface area (Å²) in [7, 11) is 3.37. The van der Waals surface area contributed by atoms with E-state index in [4.69, 9.17) is 9.47 Å². The van der Waals surface area contributed by atoms with Gasteiger partial charge in [-0.2, -0.15) is 0 Å². The molecule has 0 aliphatic heterocycles. The van der Waals surface area contributed by atoms with E-state index in [2.05, 4.69) is 21.7 Å². The monoisotopic (exact) mass is 373 g/mol. The van der Waals surface area contributed by atoms with Crippen LogP contribution in [0.5, 0.6) is 5.75 Å². The van der Waals surface area contributed by atoms with Crippen LogP contribution in [-0.2, 0) is 17.8 Å². The van der Waals surface area contributed by atoms with Crippen molar-refractivity contribution in [1.29, 1.82) is 0 Å². The molecule has 5 nitrogen and oxygen atoms in total. The lowest BCUT2D eigenvalue weighted by molar-refractivity contribution is 0.145. The van der Waals surface area contributed by atoms with Crippen LogP contribution in [0, 0.1) is 19.7 Å². The van der Waals surface area contributed by atoms with E-state index in [-0.39, 0.29) is 5.82 Å². The fourth-order valence-corrected chi connectivity index (χ4v) is 2.58. The highest BCUT2D eigenvalue weighted by atomic mass is 19.1. The fraction of sp³-hybridized carbons (Fsp3) is 0.381. The van der Waals surface area contributed by atoms with Gasteiger partial charge in [0.05, 0.1) is 6.61 Å². The van der Waals surface area contributed by atoms with Crippen molar-refractivity contribution in [2.24, 2.45) is 4.99 Å². The topological polar surface area (TPSA) is 54.9 Å². The zero-order valence-corrected chi connectivity index (χ0v) is 16.4. The maximum absolute atomic E-state index is 13.4. The summed E-state index contributed by atoms with van der Waals surface area (Å²) in [5.41, 5.74) is 3.81. The molecule has 2 aromatic carbocycles. The van der Waals surface area contributed by atoms with Crippen molar-refractivity contribution < 1.29 is 13.9 Å². The van der Waals surface area contributed by atoms with Crippen molar-refractivity contribution in [3.8, 4) is 5.75 Å². The van der Waals surface area contributed by atoms with Gasteiger partial charge in [-0.15, -0.1) is 0 Å². The van der Waals surface area contributed by atoms with E-state index in [1.807, 2.05) is 25.1 Å². The van der Waals surface area contributed by atoms with Crippen LogP contribution in [0.1, 0.15) is 22.3 Å². The molecule has 0 amide bonds. The number of nitrogens with one attached hydrogen (secondary N) is 2. The molecule has 146 valence electrons. The summed E-state index contributed by atoms with van der Waals surface area (Å²) in [5, 5.41) is 6.53. The smallest absolute Gasteiger partial charge is 0.191 e. The van der Waals surface area contributed by atoms with E-state index in [0.717, 1.165) is 22.4 Å². The Labute approximate surface area is 160 Å². The summed E-state index contributed by atoms with van der Waals surface area (Å²) in [6.45, 7) is 5.97. The molecule has 0 saturated heterocycles. The minimum Gasteiger partial charge on any atom is -0.491 e. The average molecular weight is 373 g/mol. The minimum absolute atomic E-state index is 0.193. The number of methoxy groups -OCH3 is 1. The highest BCUT2D eigenvalue weighted by Crippen LogP contribution is 2.20. The van der Waals surface area contributed by atoms with Gasteiger partial charge in [-0.25, -0.2) is 4.39 Å². The molecule has 0 unspecified atom stereocenters. The van der Waals surface area contributed by atoms with Crippen molar-refractivity contribution in [3.63, 3.8) is 0 Å². The van der Waals surface area contributed by atoms with Gasteiger partial charge in [0.15, 0.2) is 5.96 Å². The van der Waals surface area contributed by atoms with Crippen LogP contribution in [0.15, 0.2) is 41.4 Å². The molecule has 0 aliphatic rings. The van der Waals surface area contributed by atoms with Crippen LogP contribution < -0.4 is 15.4 Å². The maximum atomic E-state index is 13.4. The van der Waals surface area contributed by atoms with Gasteiger partial charge < -0.3 is 20.1 Å². The molecule has 2 rings (SSSR count). The summed E-state index contributed by atoms with van der Waals surface area (Å²) in [6, 6.07) is 11.2. The van der Waals surface area contributed by atoms with Gasteiger partial charge in [-0.1, -0.05) is 24.3 Å². The first kappa shape index (κ1) is 20.7. The summed E-state index contributed by atoms with van der Waals surface area (Å²) < 4.78 is 24.2. The van der Waals surface area contributed by atoms with Crippen molar-refractivity contribution in [2.75, 3.05) is 27.4 Å². The number of ether oxygens (including phenoxy) is 2. The van der Waals surface area contributed by atoms with Crippen LogP contribution in [-0.4, -0.2) is 33.3 Å². The number of guanidine groups is 1. The molecule has 0 atom stereocenters. The van der Waals surface area contributed by atoms with E-state index >= 15 is 0 Å². The normalized spacial score (nSPS) is 11.4. The molecule has 6 heteroatoms. The quantitative estimate of drug-likeness (QED) is 0.423. The number of halogens is 1. The molecule has 2 N–H and O–H groups in total. The lowest BCUT2D eigenvalue weighted by Gasteiger charge is -2.15. The van der Waals surface area contributed by atoms with E-state index in [0.29, 0.717) is 37.8 Å². The summed E-state index contributed by atoms with van der Waals surface area (Å²) in [5.74, 6) is 1.31. The van der Waals surface area contributed by atoms with Gasteiger partial charge in [-0.3, -0.25) is 4.99 Å². The Kier molecular flexibility index (Phi) is 8.07. The minimum atomic E-state index is -0.193. The SMILES string of the molecule is CN=C(NCc1ccc(F)c(C)c1)NCc1ccc(C)cc1OCCOC. The lowest BCUT2D eigenvalue weighted by atomic mass is 10.1.